The van der Waals surface area contributed by atoms with Gasteiger partial charge in [-0.25, -0.2) is 0 Å². The second kappa shape index (κ2) is 6.98. The third-order valence-corrected chi connectivity index (χ3v) is 6.53. The van der Waals surface area contributed by atoms with E-state index in [-0.39, 0.29) is 18.3 Å². The average Bonchev–Trinajstić information content (AvgIpc) is 2.75. The third-order valence-electron chi connectivity index (χ3n) is 5.62. The van der Waals surface area contributed by atoms with E-state index >= 15 is 0 Å². The summed E-state index contributed by atoms with van der Waals surface area (Å²) in [5.41, 5.74) is 0.341. The molecule has 24 heavy (non-hydrogen) atoms. The predicted molar refractivity (Wildman–Crippen MR) is 100 cm³/mol. The number of nitrogens with one attached hydrogen (secondary N) is 1. The number of rotatable bonds is 4. The zero-order chi connectivity index (χ0) is 17.4. The highest BCUT2D eigenvalue weighted by Gasteiger charge is 2.51. The Hall–Kier alpha value is -0.555. The van der Waals surface area contributed by atoms with Crippen molar-refractivity contribution in [3.8, 4) is 0 Å². The van der Waals surface area contributed by atoms with Crippen LogP contribution in [0.3, 0.4) is 0 Å². The van der Waals surface area contributed by atoms with Gasteiger partial charge in [0.2, 0.25) is 0 Å². The molecule has 1 aromatic heterocycles. The molecule has 0 aromatic carbocycles. The van der Waals surface area contributed by atoms with Gasteiger partial charge in [-0.2, -0.15) is 0 Å². The van der Waals surface area contributed by atoms with Gasteiger partial charge in [0.25, 0.3) is 0 Å². The molecule has 1 aliphatic carbocycles. The predicted octanol–water partition coefficient (Wildman–Crippen LogP) is 3.56. The minimum atomic E-state index is -0.349. The largest absolute Gasteiger partial charge is 0.496 e. The van der Waals surface area contributed by atoms with E-state index < -0.39 is 0 Å². The monoisotopic (exact) mass is 348 g/mol. The SMILES string of the molecule is CC1CCC(NSc2cncc(B3OC(C)(C)C(C)(C)O3)c2)CC1. The Morgan fingerprint density at radius 2 is 1.71 bits per heavy atom. The van der Waals surface area contributed by atoms with E-state index in [1.54, 1.807) is 11.9 Å². The molecule has 0 spiro atoms. The highest BCUT2D eigenvalue weighted by Crippen LogP contribution is 2.36. The van der Waals surface area contributed by atoms with Gasteiger partial charge >= 0.3 is 7.12 Å². The molecule has 2 aliphatic rings. The topological polar surface area (TPSA) is 43.4 Å². The Bertz CT molecular complexity index is 558. The third kappa shape index (κ3) is 3.98. The van der Waals surface area contributed by atoms with Gasteiger partial charge in [0, 0.05) is 28.8 Å². The van der Waals surface area contributed by atoms with Crippen molar-refractivity contribution in [2.45, 2.75) is 82.4 Å². The molecule has 0 unspecified atom stereocenters. The van der Waals surface area contributed by atoms with E-state index in [4.69, 9.17) is 9.31 Å². The van der Waals surface area contributed by atoms with Crippen LogP contribution in [0.15, 0.2) is 23.4 Å². The lowest BCUT2D eigenvalue weighted by molar-refractivity contribution is 0.00578. The first-order valence-corrected chi connectivity index (χ1v) is 9.81. The van der Waals surface area contributed by atoms with Crippen molar-refractivity contribution in [1.29, 1.82) is 0 Å². The second-order valence-electron chi connectivity index (χ2n) is 8.22. The van der Waals surface area contributed by atoms with Crippen molar-refractivity contribution in [3.05, 3.63) is 18.5 Å². The Morgan fingerprint density at radius 3 is 2.33 bits per heavy atom. The van der Waals surface area contributed by atoms with Crippen molar-refractivity contribution in [1.82, 2.24) is 9.71 Å². The van der Waals surface area contributed by atoms with Crippen molar-refractivity contribution >= 4 is 24.5 Å². The fourth-order valence-corrected chi connectivity index (χ4v) is 3.98. The molecule has 0 amide bonds. The quantitative estimate of drug-likeness (QED) is 0.666. The summed E-state index contributed by atoms with van der Waals surface area (Å²) >= 11 is 1.68. The van der Waals surface area contributed by atoms with E-state index in [0.29, 0.717) is 6.04 Å². The first-order valence-electron chi connectivity index (χ1n) is 9.00. The average molecular weight is 348 g/mol. The van der Waals surface area contributed by atoms with Crippen LogP contribution >= 0.6 is 11.9 Å². The van der Waals surface area contributed by atoms with Gasteiger partial charge in [-0.15, -0.1) is 0 Å². The summed E-state index contributed by atoms with van der Waals surface area (Å²) in [5.74, 6) is 0.876. The van der Waals surface area contributed by atoms with Crippen LogP contribution in [0.25, 0.3) is 0 Å². The van der Waals surface area contributed by atoms with Gasteiger partial charge in [0.15, 0.2) is 0 Å². The van der Waals surface area contributed by atoms with Crippen LogP contribution in [0.1, 0.15) is 60.3 Å². The van der Waals surface area contributed by atoms with Gasteiger partial charge in [0.05, 0.1) is 11.2 Å². The van der Waals surface area contributed by atoms with Crippen molar-refractivity contribution < 1.29 is 9.31 Å². The fourth-order valence-electron chi connectivity index (χ4n) is 3.13. The molecule has 1 saturated heterocycles. The van der Waals surface area contributed by atoms with E-state index in [9.17, 15) is 0 Å². The Kier molecular flexibility index (Phi) is 5.31. The first kappa shape index (κ1) is 18.2. The molecular formula is C18H29BN2O2S. The van der Waals surface area contributed by atoms with Crippen LogP contribution < -0.4 is 10.2 Å². The molecule has 2 heterocycles. The van der Waals surface area contributed by atoms with Crippen molar-refractivity contribution in [2.75, 3.05) is 0 Å². The Balaban J connectivity index is 1.61. The van der Waals surface area contributed by atoms with E-state index in [2.05, 4.69) is 50.4 Å². The van der Waals surface area contributed by atoms with Gasteiger partial charge in [0.1, 0.15) is 0 Å². The van der Waals surface area contributed by atoms with Crippen LogP contribution in [-0.4, -0.2) is 29.3 Å². The Labute approximate surface area is 150 Å². The summed E-state index contributed by atoms with van der Waals surface area (Å²) < 4.78 is 15.8. The molecule has 6 heteroatoms. The smallest absolute Gasteiger partial charge is 0.399 e. The highest BCUT2D eigenvalue weighted by atomic mass is 32.2. The molecule has 0 atom stereocenters. The molecule has 2 fully saturated rings. The van der Waals surface area contributed by atoms with Crippen LogP contribution in [0.4, 0.5) is 0 Å². The molecule has 1 N–H and O–H groups in total. The summed E-state index contributed by atoms with van der Waals surface area (Å²) in [5, 5.41) is 0. The molecule has 132 valence electrons. The van der Waals surface area contributed by atoms with Crippen molar-refractivity contribution in [2.24, 2.45) is 5.92 Å². The van der Waals surface area contributed by atoms with Gasteiger partial charge in [-0.1, -0.05) is 6.92 Å². The van der Waals surface area contributed by atoms with E-state index in [0.717, 1.165) is 16.3 Å². The van der Waals surface area contributed by atoms with E-state index in [1.165, 1.54) is 25.7 Å². The maximum atomic E-state index is 6.12. The minimum absolute atomic E-state index is 0.322. The number of hydrogen-bond acceptors (Lipinski definition) is 5. The van der Waals surface area contributed by atoms with Crippen LogP contribution in [-0.2, 0) is 9.31 Å². The Morgan fingerprint density at radius 1 is 1.08 bits per heavy atom. The van der Waals surface area contributed by atoms with Gasteiger partial charge in [-0.3, -0.25) is 9.71 Å². The summed E-state index contributed by atoms with van der Waals surface area (Å²) in [7, 11) is -0.349. The van der Waals surface area contributed by atoms with Crippen LogP contribution in [0, 0.1) is 5.92 Å². The lowest BCUT2D eigenvalue weighted by Gasteiger charge is -2.32. The minimum Gasteiger partial charge on any atom is -0.399 e. The molecule has 1 aliphatic heterocycles. The normalized spacial score (nSPS) is 29.0. The number of nitrogens with zero attached hydrogens (tertiary/aromatic N) is 1. The molecular weight excluding hydrogens is 319 g/mol. The van der Waals surface area contributed by atoms with Gasteiger partial charge in [-0.05, 0) is 77.3 Å². The molecule has 1 aromatic rings. The maximum Gasteiger partial charge on any atom is 0.496 e. The molecule has 1 saturated carbocycles. The van der Waals surface area contributed by atoms with Gasteiger partial charge < -0.3 is 9.31 Å². The summed E-state index contributed by atoms with van der Waals surface area (Å²) in [6, 6.07) is 2.73. The van der Waals surface area contributed by atoms with E-state index in [1.807, 2.05) is 12.4 Å². The summed E-state index contributed by atoms with van der Waals surface area (Å²) in [6.07, 6.45) is 8.91. The number of hydrogen-bond donors (Lipinski definition) is 1. The zero-order valence-corrected chi connectivity index (χ0v) is 16.3. The van der Waals surface area contributed by atoms with Crippen LogP contribution in [0.2, 0.25) is 0 Å². The molecule has 0 radical (unpaired) electrons. The highest BCUT2D eigenvalue weighted by molar-refractivity contribution is 7.97. The molecule has 3 rings (SSSR count). The lowest BCUT2D eigenvalue weighted by atomic mass is 9.80. The number of aromatic nitrogens is 1. The summed E-state index contributed by atoms with van der Waals surface area (Å²) in [4.78, 5) is 5.49. The molecule has 4 nitrogen and oxygen atoms in total. The first-order chi connectivity index (χ1) is 11.3. The maximum absolute atomic E-state index is 6.12. The molecule has 0 bridgehead atoms. The van der Waals surface area contributed by atoms with Crippen LogP contribution in [0.5, 0.6) is 0 Å². The lowest BCUT2D eigenvalue weighted by Crippen LogP contribution is -2.41. The summed E-state index contributed by atoms with van der Waals surface area (Å²) in [6.45, 7) is 10.6. The zero-order valence-electron chi connectivity index (χ0n) is 15.5. The second-order valence-corrected chi connectivity index (χ2v) is 9.13. The fraction of sp³-hybridized carbons (Fsp3) is 0.722. The van der Waals surface area contributed by atoms with Crippen molar-refractivity contribution in [3.63, 3.8) is 0 Å². The number of pyridine rings is 1. The standard InChI is InChI=1S/C18H29BN2O2S/c1-13-6-8-15(9-7-13)21-24-16-10-14(11-20-12-16)19-22-17(2,3)18(4,5)23-19/h10-13,15,21H,6-9H2,1-5H3.